The molecule has 1 aromatic heterocycles. The Bertz CT molecular complexity index is 599. The summed E-state index contributed by atoms with van der Waals surface area (Å²) in [4.78, 5) is 4.06. The Balaban J connectivity index is 2.05. The first kappa shape index (κ1) is 13.3. The molecule has 0 saturated carbocycles. The van der Waals surface area contributed by atoms with Crippen molar-refractivity contribution in [2.24, 2.45) is 0 Å². The quantitative estimate of drug-likeness (QED) is 0.908. The number of aromatic nitrogens is 1. The van der Waals surface area contributed by atoms with Crippen molar-refractivity contribution in [3.8, 4) is 6.07 Å². The highest BCUT2D eigenvalue weighted by Gasteiger charge is 2.07. The van der Waals surface area contributed by atoms with Crippen LogP contribution in [0.4, 0.5) is 0 Å². The molecule has 1 N–H and O–H groups in total. The van der Waals surface area contributed by atoms with Crippen molar-refractivity contribution in [3.63, 3.8) is 0 Å². The van der Waals surface area contributed by atoms with E-state index in [0.717, 1.165) is 5.56 Å². The minimum Gasteiger partial charge on any atom is -0.306 e. The molecular weight excluding hydrogens is 234 g/mol. The van der Waals surface area contributed by atoms with Crippen LogP contribution in [0.25, 0.3) is 0 Å². The molecule has 19 heavy (non-hydrogen) atoms. The van der Waals surface area contributed by atoms with E-state index in [-0.39, 0.29) is 6.04 Å². The van der Waals surface area contributed by atoms with Crippen LogP contribution in [0, 0.1) is 18.3 Å². The van der Waals surface area contributed by atoms with Gasteiger partial charge < -0.3 is 5.32 Å². The van der Waals surface area contributed by atoms with Gasteiger partial charge in [0.15, 0.2) is 0 Å². The number of pyridine rings is 1. The Morgan fingerprint density at radius 2 is 2.16 bits per heavy atom. The zero-order valence-electron chi connectivity index (χ0n) is 11.2. The molecule has 0 amide bonds. The van der Waals surface area contributed by atoms with Gasteiger partial charge >= 0.3 is 0 Å². The largest absolute Gasteiger partial charge is 0.306 e. The van der Waals surface area contributed by atoms with E-state index in [1.54, 1.807) is 6.20 Å². The predicted molar refractivity (Wildman–Crippen MR) is 75.4 cm³/mol. The van der Waals surface area contributed by atoms with Crippen molar-refractivity contribution in [2.45, 2.75) is 26.4 Å². The van der Waals surface area contributed by atoms with Crippen LogP contribution in [0.15, 0.2) is 42.6 Å². The maximum Gasteiger partial charge on any atom is 0.144 e. The third-order valence-electron chi connectivity index (χ3n) is 3.14. The molecule has 0 fully saturated rings. The molecule has 0 spiro atoms. The van der Waals surface area contributed by atoms with E-state index in [9.17, 15) is 0 Å². The Morgan fingerprint density at radius 3 is 2.89 bits per heavy atom. The van der Waals surface area contributed by atoms with Gasteiger partial charge in [-0.1, -0.05) is 35.9 Å². The minimum atomic E-state index is 0.242. The van der Waals surface area contributed by atoms with Crippen molar-refractivity contribution < 1.29 is 0 Å². The lowest BCUT2D eigenvalue weighted by Crippen LogP contribution is -2.19. The molecule has 2 aromatic rings. The molecule has 0 bridgehead atoms. The van der Waals surface area contributed by atoms with Gasteiger partial charge in [0.1, 0.15) is 11.8 Å². The van der Waals surface area contributed by atoms with Crippen LogP contribution in [0.5, 0.6) is 0 Å². The van der Waals surface area contributed by atoms with E-state index in [2.05, 4.69) is 54.5 Å². The van der Waals surface area contributed by atoms with E-state index in [0.29, 0.717) is 12.2 Å². The Morgan fingerprint density at radius 1 is 1.32 bits per heavy atom. The van der Waals surface area contributed by atoms with Gasteiger partial charge in [0, 0.05) is 24.3 Å². The second-order valence-electron chi connectivity index (χ2n) is 4.64. The normalized spacial score (nSPS) is 11.8. The van der Waals surface area contributed by atoms with E-state index in [4.69, 9.17) is 5.26 Å². The fourth-order valence-electron chi connectivity index (χ4n) is 2.00. The van der Waals surface area contributed by atoms with Crippen LogP contribution in [0.1, 0.15) is 35.3 Å². The summed E-state index contributed by atoms with van der Waals surface area (Å²) in [5, 5.41) is 12.4. The highest BCUT2D eigenvalue weighted by molar-refractivity contribution is 5.31. The molecule has 2 rings (SSSR count). The molecule has 0 saturated heterocycles. The fraction of sp³-hybridized carbons (Fsp3) is 0.250. The summed E-state index contributed by atoms with van der Waals surface area (Å²) < 4.78 is 0. The topological polar surface area (TPSA) is 48.7 Å². The van der Waals surface area contributed by atoms with Gasteiger partial charge in [0.2, 0.25) is 0 Å². The molecule has 0 aliphatic heterocycles. The van der Waals surface area contributed by atoms with Gasteiger partial charge in [0.25, 0.3) is 0 Å². The van der Waals surface area contributed by atoms with Crippen LogP contribution in [0.3, 0.4) is 0 Å². The lowest BCUT2D eigenvalue weighted by Gasteiger charge is -2.15. The van der Waals surface area contributed by atoms with Crippen molar-refractivity contribution in [2.75, 3.05) is 0 Å². The molecule has 1 aromatic carbocycles. The molecule has 3 nitrogen and oxygen atoms in total. The highest BCUT2D eigenvalue weighted by atomic mass is 14.9. The first-order chi connectivity index (χ1) is 9.20. The van der Waals surface area contributed by atoms with Gasteiger partial charge in [-0.3, -0.25) is 0 Å². The first-order valence-corrected chi connectivity index (χ1v) is 6.34. The third kappa shape index (κ3) is 3.40. The first-order valence-electron chi connectivity index (χ1n) is 6.34. The summed E-state index contributed by atoms with van der Waals surface area (Å²) in [5.41, 5.74) is 3.93. The molecule has 0 unspecified atom stereocenters. The van der Waals surface area contributed by atoms with Gasteiger partial charge in [-0.2, -0.15) is 5.26 Å². The average molecular weight is 251 g/mol. The Kier molecular flexibility index (Phi) is 4.27. The maximum atomic E-state index is 9.00. The zero-order valence-corrected chi connectivity index (χ0v) is 11.2. The standard InChI is InChI=1S/C16H17N3/c1-12-5-3-6-14(9-12)13(2)19-11-15-7-4-8-18-16(15)10-17/h3-9,13,19H,11H2,1-2H3/t13-/m1/s1. The van der Waals surface area contributed by atoms with Crippen LogP contribution in [-0.2, 0) is 6.54 Å². The molecule has 0 radical (unpaired) electrons. The number of aryl methyl sites for hydroxylation is 1. The van der Waals surface area contributed by atoms with Crippen LogP contribution >= 0.6 is 0 Å². The smallest absolute Gasteiger partial charge is 0.144 e. The molecular formula is C16H17N3. The van der Waals surface area contributed by atoms with E-state index in [1.165, 1.54) is 11.1 Å². The number of nitrogens with zero attached hydrogens (tertiary/aromatic N) is 2. The number of hydrogen-bond acceptors (Lipinski definition) is 3. The number of nitriles is 1. The van der Waals surface area contributed by atoms with Crippen LogP contribution < -0.4 is 5.32 Å². The van der Waals surface area contributed by atoms with Gasteiger partial charge in [-0.25, -0.2) is 4.98 Å². The van der Waals surface area contributed by atoms with E-state index in [1.807, 2.05) is 12.1 Å². The Labute approximate surface area is 113 Å². The lowest BCUT2D eigenvalue weighted by molar-refractivity contribution is 0.573. The molecule has 0 aliphatic carbocycles. The van der Waals surface area contributed by atoms with Crippen molar-refractivity contribution in [3.05, 3.63) is 65.0 Å². The summed E-state index contributed by atoms with van der Waals surface area (Å²) in [6.07, 6.45) is 1.64. The number of nitrogens with one attached hydrogen (secondary N) is 1. The monoisotopic (exact) mass is 251 g/mol. The highest BCUT2D eigenvalue weighted by Crippen LogP contribution is 2.15. The van der Waals surface area contributed by atoms with Gasteiger partial charge in [0.05, 0.1) is 0 Å². The SMILES string of the molecule is Cc1cccc([C@@H](C)NCc2cccnc2C#N)c1. The van der Waals surface area contributed by atoms with Crippen molar-refractivity contribution in [1.29, 1.82) is 5.26 Å². The summed E-state index contributed by atoms with van der Waals surface area (Å²) in [6, 6.07) is 14.6. The minimum absolute atomic E-state index is 0.242. The molecule has 1 heterocycles. The maximum absolute atomic E-state index is 9.00. The number of benzene rings is 1. The van der Waals surface area contributed by atoms with Crippen LogP contribution in [0.2, 0.25) is 0 Å². The van der Waals surface area contributed by atoms with E-state index < -0.39 is 0 Å². The second-order valence-corrected chi connectivity index (χ2v) is 4.64. The number of hydrogen-bond donors (Lipinski definition) is 1. The summed E-state index contributed by atoms with van der Waals surface area (Å²) in [5.74, 6) is 0. The van der Waals surface area contributed by atoms with Crippen molar-refractivity contribution in [1.82, 2.24) is 10.3 Å². The third-order valence-corrected chi connectivity index (χ3v) is 3.14. The average Bonchev–Trinajstić information content (AvgIpc) is 2.45. The van der Waals surface area contributed by atoms with E-state index >= 15 is 0 Å². The van der Waals surface area contributed by atoms with Gasteiger partial charge in [-0.05, 0) is 25.5 Å². The van der Waals surface area contributed by atoms with Crippen molar-refractivity contribution >= 4 is 0 Å². The second kappa shape index (κ2) is 6.12. The Hall–Kier alpha value is -2.18. The van der Waals surface area contributed by atoms with Gasteiger partial charge in [-0.15, -0.1) is 0 Å². The fourth-order valence-corrected chi connectivity index (χ4v) is 2.00. The zero-order chi connectivity index (χ0) is 13.7. The molecule has 1 atom stereocenters. The molecule has 0 aliphatic rings. The predicted octanol–water partition coefficient (Wildman–Crippen LogP) is 3.11. The number of rotatable bonds is 4. The van der Waals surface area contributed by atoms with Crippen LogP contribution in [-0.4, -0.2) is 4.98 Å². The summed E-state index contributed by atoms with van der Waals surface area (Å²) >= 11 is 0. The molecule has 96 valence electrons. The molecule has 3 heteroatoms. The summed E-state index contributed by atoms with van der Waals surface area (Å²) in [7, 11) is 0. The lowest BCUT2D eigenvalue weighted by atomic mass is 10.1. The summed E-state index contributed by atoms with van der Waals surface area (Å²) in [6.45, 7) is 4.86.